The third-order valence-electron chi connectivity index (χ3n) is 2.41. The minimum atomic E-state index is -0.296. The summed E-state index contributed by atoms with van der Waals surface area (Å²) in [5, 5.41) is 0.406. The first-order valence-corrected chi connectivity index (χ1v) is 6.45. The third kappa shape index (κ3) is 3.27. The number of halogens is 3. The van der Waals surface area contributed by atoms with Gasteiger partial charge in [-0.1, -0.05) is 39.7 Å². The van der Waals surface area contributed by atoms with Gasteiger partial charge in [0.05, 0.1) is 0 Å². The van der Waals surface area contributed by atoms with Crippen molar-refractivity contribution in [1.29, 1.82) is 0 Å². The van der Waals surface area contributed by atoms with Crippen molar-refractivity contribution in [2.45, 2.75) is 11.2 Å². The molecule has 0 amide bonds. The van der Waals surface area contributed by atoms with E-state index in [4.69, 9.17) is 11.6 Å². The first-order chi connectivity index (χ1) is 8.16. The summed E-state index contributed by atoms with van der Waals surface area (Å²) in [5.74, 6) is -0.296. The van der Waals surface area contributed by atoms with E-state index in [2.05, 4.69) is 20.9 Å². The van der Waals surface area contributed by atoms with Gasteiger partial charge in [-0.2, -0.15) is 0 Å². The Labute approximate surface area is 113 Å². The van der Waals surface area contributed by atoms with Crippen molar-refractivity contribution >= 4 is 27.5 Å². The monoisotopic (exact) mass is 313 g/mol. The molecule has 0 radical (unpaired) electrons. The highest BCUT2D eigenvalue weighted by Gasteiger charge is 2.13. The van der Waals surface area contributed by atoms with Crippen LogP contribution >= 0.6 is 27.5 Å². The predicted octanol–water partition coefficient (Wildman–Crippen LogP) is 4.55. The van der Waals surface area contributed by atoms with Crippen LogP contribution in [0.15, 0.2) is 42.6 Å². The molecular weight excluding hydrogens is 305 g/mol. The first kappa shape index (κ1) is 12.5. The van der Waals surface area contributed by atoms with Crippen molar-refractivity contribution < 1.29 is 4.39 Å². The molecule has 1 aromatic heterocycles. The summed E-state index contributed by atoms with van der Waals surface area (Å²) >= 11 is 9.19. The predicted molar refractivity (Wildman–Crippen MR) is 71.0 cm³/mol. The van der Waals surface area contributed by atoms with Gasteiger partial charge >= 0.3 is 0 Å². The summed E-state index contributed by atoms with van der Waals surface area (Å²) in [4.78, 5) is 4.11. The number of pyridine rings is 1. The zero-order valence-electron chi connectivity index (χ0n) is 8.91. The number of hydrogen-bond acceptors (Lipinski definition) is 1. The van der Waals surface area contributed by atoms with E-state index in [9.17, 15) is 4.39 Å². The maximum absolute atomic E-state index is 13.7. The van der Waals surface area contributed by atoms with Crippen LogP contribution in [0.2, 0.25) is 5.02 Å². The highest BCUT2D eigenvalue weighted by Crippen LogP contribution is 2.29. The molecule has 0 aliphatic heterocycles. The SMILES string of the molecule is Fc1cc(Cl)ccc1C(Br)Cc1ccccn1. The lowest BCUT2D eigenvalue weighted by molar-refractivity contribution is 0.607. The van der Waals surface area contributed by atoms with Crippen LogP contribution in [0, 0.1) is 5.82 Å². The second kappa shape index (κ2) is 5.61. The van der Waals surface area contributed by atoms with Crippen molar-refractivity contribution in [2.75, 3.05) is 0 Å². The zero-order chi connectivity index (χ0) is 12.3. The molecule has 0 aliphatic carbocycles. The van der Waals surface area contributed by atoms with Crippen LogP contribution in [0.4, 0.5) is 4.39 Å². The largest absolute Gasteiger partial charge is 0.261 e. The molecule has 0 aliphatic rings. The lowest BCUT2D eigenvalue weighted by Gasteiger charge is -2.10. The van der Waals surface area contributed by atoms with Gasteiger partial charge in [0.1, 0.15) is 5.82 Å². The Morgan fingerprint density at radius 2 is 2.12 bits per heavy atom. The van der Waals surface area contributed by atoms with Crippen LogP contribution in [0.5, 0.6) is 0 Å². The number of benzene rings is 1. The van der Waals surface area contributed by atoms with E-state index in [1.54, 1.807) is 18.3 Å². The van der Waals surface area contributed by atoms with Crippen LogP contribution < -0.4 is 0 Å². The van der Waals surface area contributed by atoms with E-state index in [-0.39, 0.29) is 10.6 Å². The molecule has 0 saturated carbocycles. The minimum absolute atomic E-state index is 0.102. The summed E-state index contributed by atoms with van der Waals surface area (Å²) < 4.78 is 13.7. The Morgan fingerprint density at radius 3 is 2.76 bits per heavy atom. The normalized spacial score (nSPS) is 12.4. The highest BCUT2D eigenvalue weighted by molar-refractivity contribution is 9.09. The lowest BCUT2D eigenvalue weighted by Crippen LogP contribution is -2.00. The number of hydrogen-bond donors (Lipinski definition) is 0. The van der Waals surface area contributed by atoms with Crippen molar-refractivity contribution in [3.63, 3.8) is 0 Å². The standard InChI is InChI=1S/C13H10BrClFN/c14-12(8-10-3-1-2-6-17-10)11-5-4-9(15)7-13(11)16/h1-7,12H,8H2. The summed E-state index contributed by atoms with van der Waals surface area (Å²) in [6, 6.07) is 10.4. The Bertz CT molecular complexity index is 504. The van der Waals surface area contributed by atoms with Crippen LogP contribution in [0.25, 0.3) is 0 Å². The first-order valence-electron chi connectivity index (χ1n) is 5.16. The minimum Gasteiger partial charge on any atom is -0.261 e. The molecule has 2 aromatic rings. The molecule has 4 heteroatoms. The molecule has 0 spiro atoms. The van der Waals surface area contributed by atoms with Crippen LogP contribution in [-0.4, -0.2) is 4.98 Å². The Morgan fingerprint density at radius 1 is 1.29 bits per heavy atom. The summed E-state index contributed by atoms with van der Waals surface area (Å²) in [7, 11) is 0. The number of aromatic nitrogens is 1. The second-order valence-electron chi connectivity index (χ2n) is 3.66. The number of rotatable bonds is 3. The van der Waals surface area contributed by atoms with Gasteiger partial charge < -0.3 is 0 Å². The molecule has 88 valence electrons. The maximum Gasteiger partial charge on any atom is 0.129 e. The van der Waals surface area contributed by atoms with Crippen molar-refractivity contribution in [3.8, 4) is 0 Å². The van der Waals surface area contributed by atoms with E-state index in [1.807, 2.05) is 18.2 Å². The van der Waals surface area contributed by atoms with E-state index < -0.39 is 0 Å². The number of nitrogens with zero attached hydrogens (tertiary/aromatic N) is 1. The topological polar surface area (TPSA) is 12.9 Å². The highest BCUT2D eigenvalue weighted by atomic mass is 79.9. The van der Waals surface area contributed by atoms with Gasteiger partial charge in [-0.05, 0) is 24.3 Å². The molecule has 1 aromatic carbocycles. The molecular formula is C13H10BrClFN. The van der Waals surface area contributed by atoms with Gasteiger partial charge in [0, 0.05) is 33.7 Å². The molecule has 1 unspecified atom stereocenters. The van der Waals surface area contributed by atoms with Crippen molar-refractivity contribution in [3.05, 3.63) is 64.7 Å². The van der Waals surface area contributed by atoms with E-state index >= 15 is 0 Å². The third-order valence-corrected chi connectivity index (χ3v) is 3.47. The van der Waals surface area contributed by atoms with Gasteiger partial charge in [-0.15, -0.1) is 0 Å². The zero-order valence-corrected chi connectivity index (χ0v) is 11.2. The van der Waals surface area contributed by atoms with Crippen molar-refractivity contribution in [1.82, 2.24) is 4.98 Å². The molecule has 1 nitrogen and oxygen atoms in total. The second-order valence-corrected chi connectivity index (χ2v) is 5.20. The fraction of sp³-hybridized carbons (Fsp3) is 0.154. The Hall–Kier alpha value is -0.930. The van der Waals surface area contributed by atoms with Gasteiger partial charge in [0.2, 0.25) is 0 Å². The molecule has 17 heavy (non-hydrogen) atoms. The van der Waals surface area contributed by atoms with Gasteiger partial charge in [-0.3, -0.25) is 4.98 Å². The summed E-state index contributed by atoms with van der Waals surface area (Å²) in [6.45, 7) is 0. The van der Waals surface area contributed by atoms with Crippen LogP contribution in [0.3, 0.4) is 0 Å². The smallest absolute Gasteiger partial charge is 0.129 e. The van der Waals surface area contributed by atoms with Crippen molar-refractivity contribution in [2.24, 2.45) is 0 Å². The van der Waals surface area contributed by atoms with E-state index in [0.717, 1.165) is 5.69 Å². The fourth-order valence-electron chi connectivity index (χ4n) is 1.57. The summed E-state index contributed by atoms with van der Waals surface area (Å²) in [6.07, 6.45) is 2.37. The molecule has 1 heterocycles. The van der Waals surface area contributed by atoms with Crippen LogP contribution in [0.1, 0.15) is 16.1 Å². The fourth-order valence-corrected chi connectivity index (χ4v) is 2.43. The molecule has 2 rings (SSSR count). The molecule has 1 atom stereocenters. The quantitative estimate of drug-likeness (QED) is 0.757. The molecule has 0 bridgehead atoms. The van der Waals surface area contributed by atoms with E-state index in [0.29, 0.717) is 17.0 Å². The average Bonchev–Trinajstić information content (AvgIpc) is 2.30. The van der Waals surface area contributed by atoms with E-state index in [1.165, 1.54) is 6.07 Å². The number of alkyl halides is 1. The lowest BCUT2D eigenvalue weighted by atomic mass is 10.1. The summed E-state index contributed by atoms with van der Waals surface area (Å²) in [5.41, 5.74) is 1.52. The van der Waals surface area contributed by atoms with Gasteiger partial charge in [-0.25, -0.2) is 4.39 Å². The Balaban J connectivity index is 2.17. The maximum atomic E-state index is 13.7. The van der Waals surface area contributed by atoms with Gasteiger partial charge in [0.25, 0.3) is 0 Å². The molecule has 0 fully saturated rings. The average molecular weight is 315 g/mol. The van der Waals surface area contributed by atoms with Gasteiger partial charge in [0.15, 0.2) is 0 Å². The molecule has 0 saturated heterocycles. The molecule has 0 N–H and O–H groups in total. The van der Waals surface area contributed by atoms with Crippen LogP contribution in [-0.2, 0) is 6.42 Å². The Kier molecular flexibility index (Phi) is 4.13.